The van der Waals surface area contributed by atoms with Crippen molar-refractivity contribution in [3.63, 3.8) is 0 Å². The second-order valence-corrected chi connectivity index (χ2v) is 5.98. The monoisotopic (exact) mass is 366 g/mol. The van der Waals surface area contributed by atoms with Gasteiger partial charge < -0.3 is 9.84 Å². The summed E-state index contributed by atoms with van der Waals surface area (Å²) in [6, 6.07) is 2.49. The molecule has 1 aromatic carbocycles. The van der Waals surface area contributed by atoms with Gasteiger partial charge in [-0.05, 0) is 43.3 Å². The summed E-state index contributed by atoms with van der Waals surface area (Å²) >= 11 is 0.617. The fraction of sp³-hybridized carbons (Fsp3) is 0.267. The number of amides is 2. The maximum absolute atomic E-state index is 12.4. The summed E-state index contributed by atoms with van der Waals surface area (Å²) in [6.07, 6.45) is 1.29. The molecule has 9 nitrogen and oxygen atoms in total. The summed E-state index contributed by atoms with van der Waals surface area (Å²) < 4.78 is 4.81. The van der Waals surface area contributed by atoms with Crippen molar-refractivity contribution in [2.45, 2.75) is 19.9 Å². The molecule has 1 fully saturated rings. The Kier molecular flexibility index (Phi) is 5.42. The van der Waals surface area contributed by atoms with E-state index in [9.17, 15) is 29.6 Å². The van der Waals surface area contributed by atoms with Crippen molar-refractivity contribution in [1.82, 2.24) is 4.90 Å². The molecule has 1 aliphatic heterocycles. The molecule has 1 atom stereocenters. The molecular weight excluding hydrogens is 352 g/mol. The van der Waals surface area contributed by atoms with Crippen molar-refractivity contribution in [1.29, 1.82) is 0 Å². The van der Waals surface area contributed by atoms with Gasteiger partial charge in [-0.2, -0.15) is 0 Å². The molecule has 2 rings (SSSR count). The summed E-state index contributed by atoms with van der Waals surface area (Å²) in [4.78, 5) is 47.0. The highest BCUT2D eigenvalue weighted by Gasteiger charge is 2.41. The fourth-order valence-corrected chi connectivity index (χ4v) is 3.02. The van der Waals surface area contributed by atoms with Crippen LogP contribution in [0.15, 0.2) is 23.1 Å². The van der Waals surface area contributed by atoms with Gasteiger partial charge in [-0.1, -0.05) is 6.07 Å². The van der Waals surface area contributed by atoms with E-state index in [0.29, 0.717) is 11.8 Å². The number of hydrogen-bond acceptors (Lipinski definition) is 8. The summed E-state index contributed by atoms with van der Waals surface area (Å²) in [5.74, 6) is -1.90. The molecule has 10 heteroatoms. The molecule has 1 aromatic rings. The number of thioether (sulfide) groups is 1. The Balaban J connectivity index is 2.30. The van der Waals surface area contributed by atoms with Crippen molar-refractivity contribution in [2.24, 2.45) is 0 Å². The van der Waals surface area contributed by atoms with Crippen LogP contribution in [-0.2, 0) is 14.3 Å². The highest BCUT2D eigenvalue weighted by Crippen LogP contribution is 2.35. The van der Waals surface area contributed by atoms with Gasteiger partial charge in [0.1, 0.15) is 6.04 Å². The number of benzene rings is 1. The molecule has 1 heterocycles. The molecule has 0 unspecified atom stereocenters. The Morgan fingerprint density at radius 2 is 2.16 bits per heavy atom. The van der Waals surface area contributed by atoms with E-state index in [-0.39, 0.29) is 17.1 Å². The van der Waals surface area contributed by atoms with Crippen LogP contribution < -0.4 is 0 Å². The smallest absolute Gasteiger partial charge is 0.329 e. The third-order valence-corrected chi connectivity index (χ3v) is 4.22. The minimum absolute atomic E-state index is 0.0149. The van der Waals surface area contributed by atoms with Gasteiger partial charge in [0, 0.05) is 6.07 Å². The first-order chi connectivity index (χ1) is 11.8. The SMILES string of the molecule is CCOC(=O)[C@@H](C)N1C(=O)S/C(=C/c2ccc(O)c([N+](=O)[O-])c2)C1=O. The fourth-order valence-electron chi connectivity index (χ4n) is 2.11. The lowest BCUT2D eigenvalue weighted by Gasteiger charge is -2.19. The zero-order valence-electron chi connectivity index (χ0n) is 13.3. The number of phenols is 1. The van der Waals surface area contributed by atoms with E-state index in [1.807, 2.05) is 0 Å². The molecular formula is C15H14N2O7S. The number of imide groups is 1. The van der Waals surface area contributed by atoms with Gasteiger partial charge in [-0.25, -0.2) is 4.79 Å². The van der Waals surface area contributed by atoms with Crippen LogP contribution in [0, 0.1) is 10.1 Å². The number of esters is 1. The maximum atomic E-state index is 12.4. The van der Waals surface area contributed by atoms with Gasteiger partial charge in [0.25, 0.3) is 11.1 Å². The summed E-state index contributed by atoms with van der Waals surface area (Å²) in [6.45, 7) is 3.10. The Morgan fingerprint density at radius 1 is 1.48 bits per heavy atom. The predicted molar refractivity (Wildman–Crippen MR) is 88.7 cm³/mol. The third kappa shape index (κ3) is 3.79. The van der Waals surface area contributed by atoms with Gasteiger partial charge >= 0.3 is 11.7 Å². The number of carbonyl (C=O) groups is 3. The van der Waals surface area contributed by atoms with Gasteiger partial charge in [-0.3, -0.25) is 24.6 Å². The van der Waals surface area contributed by atoms with Crippen molar-refractivity contribution in [3.8, 4) is 5.75 Å². The average molecular weight is 366 g/mol. The van der Waals surface area contributed by atoms with Crippen molar-refractivity contribution < 1.29 is 29.2 Å². The van der Waals surface area contributed by atoms with Gasteiger partial charge in [0.2, 0.25) is 0 Å². The molecule has 0 aromatic heterocycles. The number of rotatable bonds is 5. The van der Waals surface area contributed by atoms with Crippen molar-refractivity contribution in [3.05, 3.63) is 38.8 Å². The lowest BCUT2D eigenvalue weighted by Crippen LogP contribution is -2.42. The average Bonchev–Trinajstić information content (AvgIpc) is 2.82. The van der Waals surface area contributed by atoms with Crippen molar-refractivity contribution >= 4 is 40.6 Å². The van der Waals surface area contributed by atoms with E-state index < -0.39 is 39.5 Å². The molecule has 1 N–H and O–H groups in total. The molecule has 2 amide bonds. The normalized spacial score (nSPS) is 17.0. The largest absolute Gasteiger partial charge is 0.502 e. The lowest BCUT2D eigenvalue weighted by atomic mass is 10.1. The van der Waals surface area contributed by atoms with Crippen molar-refractivity contribution in [2.75, 3.05) is 6.61 Å². The number of hydrogen-bond donors (Lipinski definition) is 1. The lowest BCUT2D eigenvalue weighted by molar-refractivity contribution is -0.385. The number of nitro groups is 1. The number of carbonyl (C=O) groups excluding carboxylic acids is 3. The first-order valence-electron chi connectivity index (χ1n) is 7.17. The topological polar surface area (TPSA) is 127 Å². The van der Waals surface area contributed by atoms with E-state index in [4.69, 9.17) is 4.74 Å². The standard InChI is InChI=1S/C15H14N2O7S/c1-3-24-14(20)8(2)16-13(19)12(25-15(16)21)7-9-4-5-11(18)10(6-9)17(22)23/h4-8,18H,3H2,1-2H3/b12-7+/t8-/m1/s1. The van der Waals surface area contributed by atoms with Crippen LogP contribution in [0.1, 0.15) is 19.4 Å². The summed E-state index contributed by atoms with van der Waals surface area (Å²) in [7, 11) is 0. The highest BCUT2D eigenvalue weighted by atomic mass is 32.2. The first-order valence-corrected chi connectivity index (χ1v) is 7.99. The molecule has 0 radical (unpaired) electrons. The van der Waals surface area contributed by atoms with Crippen LogP contribution in [-0.4, -0.2) is 44.7 Å². The summed E-state index contributed by atoms with van der Waals surface area (Å²) in [5, 5.41) is 19.6. The minimum Gasteiger partial charge on any atom is -0.502 e. The Hall–Kier alpha value is -2.88. The number of phenolic OH excluding ortho intramolecular Hbond substituents is 1. The molecule has 0 spiro atoms. The first kappa shape index (κ1) is 18.5. The van der Waals surface area contributed by atoms with Crippen LogP contribution in [0.5, 0.6) is 5.75 Å². The molecule has 1 saturated heterocycles. The highest BCUT2D eigenvalue weighted by molar-refractivity contribution is 8.18. The molecule has 1 aliphatic rings. The van der Waals surface area contributed by atoms with Crippen LogP contribution in [0.3, 0.4) is 0 Å². The molecule has 132 valence electrons. The van der Waals surface area contributed by atoms with Crippen LogP contribution in [0.2, 0.25) is 0 Å². The Bertz CT molecular complexity index is 790. The minimum atomic E-state index is -1.08. The van der Waals surface area contributed by atoms with E-state index in [0.717, 1.165) is 17.0 Å². The van der Waals surface area contributed by atoms with Crippen LogP contribution >= 0.6 is 11.8 Å². The quantitative estimate of drug-likeness (QED) is 0.364. The summed E-state index contributed by atoms with van der Waals surface area (Å²) in [5.41, 5.74) is -0.258. The maximum Gasteiger partial charge on any atom is 0.329 e. The Morgan fingerprint density at radius 3 is 2.76 bits per heavy atom. The molecule has 0 aliphatic carbocycles. The van der Waals surface area contributed by atoms with Gasteiger partial charge in [-0.15, -0.1) is 0 Å². The van der Waals surface area contributed by atoms with Gasteiger partial charge in [0.05, 0.1) is 16.4 Å². The second kappa shape index (κ2) is 7.34. The van der Waals surface area contributed by atoms with Crippen LogP contribution in [0.4, 0.5) is 10.5 Å². The predicted octanol–water partition coefficient (Wildman–Crippen LogP) is 2.29. The van der Waals surface area contributed by atoms with Crippen LogP contribution in [0.25, 0.3) is 6.08 Å². The van der Waals surface area contributed by atoms with E-state index >= 15 is 0 Å². The van der Waals surface area contributed by atoms with E-state index in [1.165, 1.54) is 19.1 Å². The van der Waals surface area contributed by atoms with E-state index in [1.54, 1.807) is 6.92 Å². The number of ether oxygens (including phenoxy) is 1. The molecule has 0 bridgehead atoms. The second-order valence-electron chi connectivity index (χ2n) is 4.98. The number of aromatic hydroxyl groups is 1. The zero-order chi connectivity index (χ0) is 18.7. The van der Waals surface area contributed by atoms with E-state index in [2.05, 4.69) is 0 Å². The third-order valence-electron chi connectivity index (χ3n) is 3.33. The zero-order valence-corrected chi connectivity index (χ0v) is 14.1. The molecule has 0 saturated carbocycles. The Labute approximate surface area is 146 Å². The molecule has 25 heavy (non-hydrogen) atoms. The number of nitrogens with zero attached hydrogens (tertiary/aromatic N) is 2. The number of nitro benzene ring substituents is 1. The van der Waals surface area contributed by atoms with Gasteiger partial charge in [0.15, 0.2) is 5.75 Å².